The van der Waals surface area contributed by atoms with Crippen molar-refractivity contribution in [3.05, 3.63) is 48.6 Å². The molecule has 0 spiro atoms. The number of allylic oxidation sites excluding steroid dienone is 8. The van der Waals surface area contributed by atoms with Crippen LogP contribution in [0.4, 0.5) is 0 Å². The van der Waals surface area contributed by atoms with E-state index in [0.717, 1.165) is 83.5 Å². The van der Waals surface area contributed by atoms with Crippen molar-refractivity contribution in [1.29, 1.82) is 0 Å². The molecule has 1 unspecified atom stereocenters. The van der Waals surface area contributed by atoms with Crippen LogP contribution in [0.1, 0.15) is 374 Å². The van der Waals surface area contributed by atoms with Crippen LogP contribution in [0.15, 0.2) is 48.6 Å². The van der Waals surface area contributed by atoms with Gasteiger partial charge in [0.1, 0.15) is 13.2 Å². The summed E-state index contributed by atoms with van der Waals surface area (Å²) < 4.78 is 17.0. The van der Waals surface area contributed by atoms with E-state index in [1.54, 1.807) is 0 Å². The van der Waals surface area contributed by atoms with Gasteiger partial charge in [-0.3, -0.25) is 14.4 Å². The Balaban J connectivity index is 4.32. The van der Waals surface area contributed by atoms with Gasteiger partial charge in [-0.15, -0.1) is 0 Å². The highest BCUT2D eigenvalue weighted by atomic mass is 16.6. The van der Waals surface area contributed by atoms with Crippen LogP contribution in [0.25, 0.3) is 0 Å². The Morgan fingerprint density at radius 3 is 0.718 bits per heavy atom. The van der Waals surface area contributed by atoms with Gasteiger partial charge in [-0.2, -0.15) is 0 Å². The summed E-state index contributed by atoms with van der Waals surface area (Å²) in [5, 5.41) is 0. The van der Waals surface area contributed by atoms with Crippen LogP contribution in [-0.2, 0) is 28.6 Å². The highest BCUT2D eigenvalue weighted by Crippen LogP contribution is 2.18. The second-order valence-electron chi connectivity index (χ2n) is 23.4. The number of hydrogen-bond donors (Lipinski definition) is 0. The van der Waals surface area contributed by atoms with Crippen molar-refractivity contribution in [3.63, 3.8) is 0 Å². The fourth-order valence-corrected chi connectivity index (χ4v) is 10.3. The van der Waals surface area contributed by atoms with E-state index < -0.39 is 6.10 Å². The number of esters is 3. The third kappa shape index (κ3) is 64.2. The molecular weight excluding hydrogens is 961 g/mol. The summed E-state index contributed by atoms with van der Waals surface area (Å²) >= 11 is 0. The van der Waals surface area contributed by atoms with Gasteiger partial charge in [-0.05, 0) is 83.5 Å². The molecule has 0 radical (unpaired) electrons. The van der Waals surface area contributed by atoms with Crippen molar-refractivity contribution >= 4 is 17.9 Å². The highest BCUT2D eigenvalue weighted by Gasteiger charge is 2.19. The first-order valence-corrected chi connectivity index (χ1v) is 34.6. The van der Waals surface area contributed by atoms with Gasteiger partial charge in [0.15, 0.2) is 6.10 Å². The maximum atomic E-state index is 12.9. The molecule has 0 amide bonds. The molecule has 0 rings (SSSR count). The van der Waals surface area contributed by atoms with Crippen molar-refractivity contribution in [2.24, 2.45) is 0 Å². The lowest BCUT2D eigenvalue weighted by atomic mass is 10.0. The number of carbonyl (C=O) groups is 3. The number of ether oxygens (including phenoxy) is 3. The molecule has 0 aliphatic rings. The number of carbonyl (C=O) groups excluding carboxylic acids is 3. The Hall–Kier alpha value is -2.63. The minimum Gasteiger partial charge on any atom is -0.462 e. The molecule has 6 nitrogen and oxygen atoms in total. The predicted molar refractivity (Wildman–Crippen MR) is 339 cm³/mol. The van der Waals surface area contributed by atoms with Gasteiger partial charge in [0.25, 0.3) is 0 Å². The second kappa shape index (κ2) is 66.9. The Morgan fingerprint density at radius 2 is 0.462 bits per heavy atom. The van der Waals surface area contributed by atoms with Gasteiger partial charge >= 0.3 is 17.9 Å². The van der Waals surface area contributed by atoms with E-state index >= 15 is 0 Å². The molecule has 0 saturated carbocycles. The Morgan fingerprint density at radius 1 is 0.256 bits per heavy atom. The molecule has 0 aliphatic carbocycles. The fourth-order valence-electron chi connectivity index (χ4n) is 10.3. The standard InChI is InChI=1S/C72H132O6/c1-4-7-10-13-16-19-22-25-28-31-33-35-36-38-39-41-44-47-50-53-56-59-62-65-71(74)77-68-69(67-76-70(73)64-61-58-55-52-49-46-43-30-27-24-21-18-15-12-9-6-3)78-72(75)66-63-60-57-54-51-48-45-42-40-37-34-32-29-26-23-20-17-14-11-8-5-2/h21,23-24,26,30,32,34,43,69H,4-20,22,25,27-29,31,33,35-42,44-68H2,1-3H3/b24-21-,26-23-,34-32-,43-30-. The molecule has 0 saturated heterocycles. The Labute approximate surface area is 486 Å². The Bertz CT molecular complexity index is 1350. The van der Waals surface area contributed by atoms with Crippen LogP contribution in [0, 0.1) is 0 Å². The minimum atomic E-state index is -0.781. The fraction of sp³-hybridized carbons (Fsp3) is 0.847. The first kappa shape index (κ1) is 75.4. The van der Waals surface area contributed by atoms with Crippen LogP contribution in [-0.4, -0.2) is 37.2 Å². The lowest BCUT2D eigenvalue weighted by molar-refractivity contribution is -0.167. The molecule has 0 heterocycles. The zero-order valence-corrected chi connectivity index (χ0v) is 52.5. The smallest absolute Gasteiger partial charge is 0.306 e. The average Bonchev–Trinajstić information content (AvgIpc) is 3.44. The maximum Gasteiger partial charge on any atom is 0.306 e. The first-order chi connectivity index (χ1) is 38.5. The lowest BCUT2D eigenvalue weighted by Crippen LogP contribution is -2.30. The number of rotatable bonds is 64. The summed E-state index contributed by atoms with van der Waals surface area (Å²) in [6.45, 7) is 6.66. The summed E-state index contributed by atoms with van der Waals surface area (Å²) in [6.07, 6.45) is 84.1. The van der Waals surface area contributed by atoms with E-state index in [9.17, 15) is 14.4 Å². The molecule has 78 heavy (non-hydrogen) atoms. The van der Waals surface area contributed by atoms with E-state index in [1.807, 2.05) is 0 Å². The molecule has 0 aliphatic heterocycles. The normalized spacial score (nSPS) is 12.3. The number of unbranched alkanes of at least 4 members (excludes halogenated alkanes) is 45. The maximum absolute atomic E-state index is 12.9. The quantitative estimate of drug-likeness (QED) is 0.0261. The SMILES string of the molecule is CCCCCC/C=C\C/C=C\CCCCCCCC(=O)OCC(COC(=O)CCCCCCCCCCCCCCCCCCCCCCCCC)OC(=O)CCCCCCCCCCC/C=C\C/C=C\CCCCCCC. The Kier molecular flexibility index (Phi) is 64.6. The molecule has 6 heteroatoms. The summed E-state index contributed by atoms with van der Waals surface area (Å²) in [6, 6.07) is 0. The largest absolute Gasteiger partial charge is 0.462 e. The molecule has 0 aromatic rings. The predicted octanol–water partition coefficient (Wildman–Crippen LogP) is 23.7. The summed E-state index contributed by atoms with van der Waals surface area (Å²) in [5.74, 6) is -0.869. The van der Waals surface area contributed by atoms with E-state index in [4.69, 9.17) is 14.2 Å². The van der Waals surface area contributed by atoms with Crippen LogP contribution in [0.5, 0.6) is 0 Å². The molecule has 0 fully saturated rings. The minimum absolute atomic E-state index is 0.0755. The van der Waals surface area contributed by atoms with Crippen LogP contribution in [0.2, 0.25) is 0 Å². The highest BCUT2D eigenvalue weighted by molar-refractivity contribution is 5.71. The van der Waals surface area contributed by atoms with Gasteiger partial charge < -0.3 is 14.2 Å². The second-order valence-corrected chi connectivity index (χ2v) is 23.4. The van der Waals surface area contributed by atoms with Gasteiger partial charge in [-0.25, -0.2) is 0 Å². The lowest BCUT2D eigenvalue weighted by Gasteiger charge is -2.18. The van der Waals surface area contributed by atoms with E-state index in [1.165, 1.54) is 250 Å². The van der Waals surface area contributed by atoms with Crippen LogP contribution < -0.4 is 0 Å². The molecule has 0 N–H and O–H groups in total. The molecular formula is C72H132O6. The summed E-state index contributed by atoms with van der Waals surface area (Å²) in [4.78, 5) is 38.4. The van der Waals surface area contributed by atoms with Gasteiger partial charge in [0.2, 0.25) is 0 Å². The zero-order valence-electron chi connectivity index (χ0n) is 52.5. The third-order valence-corrected chi connectivity index (χ3v) is 15.6. The van der Waals surface area contributed by atoms with Crippen molar-refractivity contribution in [2.75, 3.05) is 13.2 Å². The third-order valence-electron chi connectivity index (χ3n) is 15.6. The monoisotopic (exact) mass is 1090 g/mol. The van der Waals surface area contributed by atoms with E-state index in [0.29, 0.717) is 19.3 Å². The number of hydrogen-bond acceptors (Lipinski definition) is 6. The van der Waals surface area contributed by atoms with Crippen molar-refractivity contribution in [3.8, 4) is 0 Å². The van der Waals surface area contributed by atoms with Crippen molar-refractivity contribution in [2.45, 2.75) is 380 Å². The topological polar surface area (TPSA) is 78.9 Å². The first-order valence-electron chi connectivity index (χ1n) is 34.6. The van der Waals surface area contributed by atoms with Crippen molar-refractivity contribution < 1.29 is 28.6 Å². The van der Waals surface area contributed by atoms with Crippen molar-refractivity contribution in [1.82, 2.24) is 0 Å². The van der Waals surface area contributed by atoms with Gasteiger partial charge in [0, 0.05) is 19.3 Å². The van der Waals surface area contributed by atoms with Crippen LogP contribution >= 0.6 is 0 Å². The molecule has 0 aromatic heterocycles. The molecule has 456 valence electrons. The molecule has 1 atom stereocenters. The average molecular weight is 1090 g/mol. The summed E-state index contributed by atoms with van der Waals surface area (Å²) in [5.41, 5.74) is 0. The van der Waals surface area contributed by atoms with Gasteiger partial charge in [0.05, 0.1) is 0 Å². The van der Waals surface area contributed by atoms with Gasteiger partial charge in [-0.1, -0.05) is 320 Å². The summed E-state index contributed by atoms with van der Waals surface area (Å²) in [7, 11) is 0. The van der Waals surface area contributed by atoms with E-state index in [-0.39, 0.29) is 31.1 Å². The molecule has 0 aromatic carbocycles. The van der Waals surface area contributed by atoms with Crippen LogP contribution in [0.3, 0.4) is 0 Å². The zero-order chi connectivity index (χ0) is 56.4. The molecule has 0 bridgehead atoms. The van der Waals surface area contributed by atoms with E-state index in [2.05, 4.69) is 69.4 Å².